The van der Waals surface area contributed by atoms with Crippen LogP contribution in [0.15, 0.2) is 12.1 Å². The fraction of sp³-hybridized carbons (Fsp3) is 0.250. The summed E-state index contributed by atoms with van der Waals surface area (Å²) in [6.45, 7) is 0.561. The Bertz CT molecular complexity index is 329. The van der Waals surface area contributed by atoms with Crippen molar-refractivity contribution in [3.63, 3.8) is 0 Å². The van der Waals surface area contributed by atoms with Crippen LogP contribution in [0.2, 0.25) is 5.02 Å². The Kier molecular flexibility index (Phi) is 2.18. The van der Waals surface area contributed by atoms with E-state index in [1.807, 2.05) is 12.1 Å². The number of benzene rings is 1. The summed E-state index contributed by atoms with van der Waals surface area (Å²) in [5.74, 6) is 0.872. The third-order valence-corrected chi connectivity index (χ3v) is 3.68. The lowest BCUT2D eigenvalue weighted by atomic mass is 10.1. The first-order valence-electron chi connectivity index (χ1n) is 3.56. The Balaban J connectivity index is 2.63. The molecule has 2 N–H and O–H groups in total. The van der Waals surface area contributed by atoms with Gasteiger partial charge in [0.05, 0.1) is 11.1 Å². The summed E-state index contributed by atoms with van der Waals surface area (Å²) in [6, 6.07) is 3.68. The molecule has 0 unspecified atom stereocenters. The number of halogens is 2. The molecule has 1 aromatic rings. The van der Waals surface area contributed by atoms with Gasteiger partial charge < -0.3 is 10.5 Å². The summed E-state index contributed by atoms with van der Waals surface area (Å²) in [6.07, 6.45) is 0. The van der Waals surface area contributed by atoms with Gasteiger partial charge in [-0.1, -0.05) is 11.6 Å². The highest BCUT2D eigenvalue weighted by Gasteiger charge is 2.24. The van der Waals surface area contributed by atoms with Gasteiger partial charge in [0.2, 0.25) is 0 Å². The molecule has 0 aliphatic carbocycles. The number of hydrogen-bond donors (Lipinski definition) is 1. The van der Waals surface area contributed by atoms with Gasteiger partial charge in [-0.15, -0.1) is 0 Å². The zero-order chi connectivity index (χ0) is 8.72. The second-order valence-electron chi connectivity index (χ2n) is 2.69. The third kappa shape index (κ3) is 1.20. The fourth-order valence-corrected chi connectivity index (χ4v) is 2.29. The highest BCUT2D eigenvalue weighted by Crippen LogP contribution is 2.37. The van der Waals surface area contributed by atoms with Crippen molar-refractivity contribution in [2.75, 3.05) is 6.61 Å². The number of ether oxygens (including phenoxy) is 1. The summed E-state index contributed by atoms with van der Waals surface area (Å²) >= 11 is 8.13. The molecule has 0 radical (unpaired) electrons. The maximum absolute atomic E-state index is 5.94. The molecular formula is C8H7ClINO. The number of hydrogen-bond acceptors (Lipinski definition) is 2. The molecule has 0 saturated heterocycles. The maximum atomic E-state index is 5.94. The van der Waals surface area contributed by atoms with E-state index in [0.29, 0.717) is 6.61 Å². The Hall–Kier alpha value is -0.000000000000000111. The smallest absolute Gasteiger partial charge is 0.125 e. The molecule has 0 spiro atoms. The lowest BCUT2D eigenvalue weighted by molar-refractivity contribution is 0.333. The van der Waals surface area contributed by atoms with E-state index >= 15 is 0 Å². The second kappa shape index (κ2) is 3.05. The topological polar surface area (TPSA) is 35.2 Å². The molecule has 1 aliphatic rings. The Morgan fingerprint density at radius 3 is 3.08 bits per heavy atom. The molecular weight excluding hydrogens is 288 g/mol. The van der Waals surface area contributed by atoms with Crippen molar-refractivity contribution < 1.29 is 4.74 Å². The predicted molar refractivity (Wildman–Crippen MR) is 56.6 cm³/mol. The molecule has 1 aromatic carbocycles. The van der Waals surface area contributed by atoms with Gasteiger partial charge in [0.1, 0.15) is 12.4 Å². The minimum atomic E-state index is -0.0226. The molecule has 2 rings (SSSR count). The van der Waals surface area contributed by atoms with E-state index in [0.717, 1.165) is 19.9 Å². The van der Waals surface area contributed by atoms with E-state index in [4.69, 9.17) is 22.1 Å². The summed E-state index contributed by atoms with van der Waals surface area (Å²) < 4.78 is 6.37. The van der Waals surface area contributed by atoms with Crippen LogP contribution in [-0.2, 0) is 0 Å². The molecule has 2 nitrogen and oxygen atoms in total. The van der Waals surface area contributed by atoms with Gasteiger partial charge >= 0.3 is 0 Å². The van der Waals surface area contributed by atoms with Crippen LogP contribution >= 0.6 is 34.2 Å². The summed E-state index contributed by atoms with van der Waals surface area (Å²) in [4.78, 5) is 0. The fourth-order valence-electron chi connectivity index (χ4n) is 1.28. The first kappa shape index (κ1) is 8.59. The van der Waals surface area contributed by atoms with Crippen LogP contribution in [0.25, 0.3) is 0 Å². The van der Waals surface area contributed by atoms with Crippen molar-refractivity contribution in [3.05, 3.63) is 26.3 Å². The van der Waals surface area contributed by atoms with E-state index in [2.05, 4.69) is 22.6 Å². The van der Waals surface area contributed by atoms with E-state index in [9.17, 15) is 0 Å². The van der Waals surface area contributed by atoms with Crippen LogP contribution in [0, 0.1) is 3.57 Å². The minimum absolute atomic E-state index is 0.0226. The van der Waals surface area contributed by atoms with E-state index in [-0.39, 0.29) is 6.04 Å². The highest BCUT2D eigenvalue weighted by molar-refractivity contribution is 14.1. The van der Waals surface area contributed by atoms with E-state index < -0.39 is 0 Å². The lowest BCUT2D eigenvalue weighted by Gasteiger charge is -2.04. The van der Waals surface area contributed by atoms with Gasteiger partial charge in [0.25, 0.3) is 0 Å². The molecule has 64 valence electrons. The average Bonchev–Trinajstić information content (AvgIpc) is 2.41. The third-order valence-electron chi connectivity index (χ3n) is 1.88. The summed E-state index contributed by atoms with van der Waals surface area (Å²) in [5, 5.41) is 0.746. The Labute approximate surface area is 89.2 Å². The average molecular weight is 296 g/mol. The summed E-state index contributed by atoms with van der Waals surface area (Å²) in [5.41, 5.74) is 6.87. The summed E-state index contributed by atoms with van der Waals surface area (Å²) in [7, 11) is 0. The molecule has 1 aliphatic heterocycles. The van der Waals surface area contributed by atoms with Crippen molar-refractivity contribution in [3.8, 4) is 5.75 Å². The molecule has 1 heterocycles. The molecule has 0 aromatic heterocycles. The molecule has 12 heavy (non-hydrogen) atoms. The standard InChI is InChI=1S/C8H7ClINO/c9-4-1-2-6-7(8(4)10)5(11)3-12-6/h1-2,5H,3,11H2/t5-/m0/s1. The van der Waals surface area contributed by atoms with Gasteiger partial charge in [-0.25, -0.2) is 0 Å². The first-order chi connectivity index (χ1) is 5.70. The normalized spacial score (nSPS) is 20.4. The minimum Gasteiger partial charge on any atom is -0.491 e. The zero-order valence-electron chi connectivity index (χ0n) is 6.18. The molecule has 0 fully saturated rings. The second-order valence-corrected chi connectivity index (χ2v) is 4.18. The van der Waals surface area contributed by atoms with Crippen molar-refractivity contribution in [2.24, 2.45) is 5.73 Å². The molecule has 0 saturated carbocycles. The predicted octanol–water partition coefficient (Wildman–Crippen LogP) is 2.34. The van der Waals surface area contributed by atoms with Crippen molar-refractivity contribution >= 4 is 34.2 Å². The van der Waals surface area contributed by atoms with Crippen LogP contribution in [0.1, 0.15) is 11.6 Å². The van der Waals surface area contributed by atoms with E-state index in [1.165, 1.54) is 0 Å². The van der Waals surface area contributed by atoms with Gasteiger partial charge in [-0.2, -0.15) is 0 Å². The van der Waals surface area contributed by atoms with Crippen molar-refractivity contribution in [1.82, 2.24) is 0 Å². The van der Waals surface area contributed by atoms with Crippen LogP contribution in [0.3, 0.4) is 0 Å². The monoisotopic (exact) mass is 295 g/mol. The van der Waals surface area contributed by atoms with Crippen molar-refractivity contribution in [1.29, 1.82) is 0 Å². The largest absolute Gasteiger partial charge is 0.491 e. The quantitative estimate of drug-likeness (QED) is 0.746. The molecule has 4 heteroatoms. The molecule has 0 bridgehead atoms. The number of nitrogens with two attached hydrogens (primary N) is 1. The number of rotatable bonds is 0. The van der Waals surface area contributed by atoms with Crippen LogP contribution in [0.5, 0.6) is 5.75 Å². The number of fused-ring (bicyclic) bond motifs is 1. The van der Waals surface area contributed by atoms with E-state index in [1.54, 1.807) is 0 Å². The Morgan fingerprint density at radius 2 is 2.33 bits per heavy atom. The van der Waals surface area contributed by atoms with Gasteiger partial charge in [0.15, 0.2) is 0 Å². The zero-order valence-corrected chi connectivity index (χ0v) is 9.09. The van der Waals surface area contributed by atoms with Gasteiger partial charge in [-0.3, -0.25) is 0 Å². The van der Waals surface area contributed by atoms with Gasteiger partial charge in [0, 0.05) is 9.13 Å². The molecule has 0 amide bonds. The lowest BCUT2D eigenvalue weighted by Crippen LogP contribution is -2.11. The SMILES string of the molecule is N[C@H]1COc2ccc(Cl)c(I)c21. The highest BCUT2D eigenvalue weighted by atomic mass is 127. The van der Waals surface area contributed by atoms with Crippen LogP contribution in [-0.4, -0.2) is 6.61 Å². The molecule has 1 atom stereocenters. The first-order valence-corrected chi connectivity index (χ1v) is 5.02. The van der Waals surface area contributed by atoms with Crippen molar-refractivity contribution in [2.45, 2.75) is 6.04 Å². The van der Waals surface area contributed by atoms with Gasteiger partial charge in [-0.05, 0) is 34.7 Å². The maximum Gasteiger partial charge on any atom is 0.125 e. The Morgan fingerprint density at radius 1 is 1.58 bits per heavy atom. The van der Waals surface area contributed by atoms with Crippen LogP contribution < -0.4 is 10.5 Å². The van der Waals surface area contributed by atoms with Crippen LogP contribution in [0.4, 0.5) is 0 Å².